The molecule has 0 unspecified atom stereocenters. The molecule has 1 spiro atoms. The van der Waals surface area contributed by atoms with Gasteiger partial charge in [-0.25, -0.2) is 0 Å². The van der Waals surface area contributed by atoms with E-state index in [0.717, 1.165) is 43.9 Å². The summed E-state index contributed by atoms with van der Waals surface area (Å²) in [5.74, 6) is 3.74. The zero-order valence-corrected chi connectivity index (χ0v) is 15.9. The maximum absolute atomic E-state index is 11.9. The summed E-state index contributed by atoms with van der Waals surface area (Å²) in [7, 11) is 1.73. The zero-order chi connectivity index (χ0) is 17.6. The fourth-order valence-electron chi connectivity index (χ4n) is 8.51. The van der Waals surface area contributed by atoms with E-state index < -0.39 is 5.60 Å². The highest BCUT2D eigenvalue weighted by atomic mass is 16.5. The van der Waals surface area contributed by atoms with Crippen molar-refractivity contribution in [1.29, 1.82) is 0 Å². The normalized spacial score (nSPS) is 56.4. The lowest BCUT2D eigenvalue weighted by molar-refractivity contribution is -0.173. The molecule has 25 heavy (non-hydrogen) atoms. The third kappa shape index (κ3) is 1.82. The fourth-order valence-corrected chi connectivity index (χ4v) is 8.51. The van der Waals surface area contributed by atoms with Crippen LogP contribution in [0.2, 0.25) is 0 Å². The Morgan fingerprint density at radius 2 is 2.12 bits per heavy atom. The lowest BCUT2D eigenvalue weighted by atomic mass is 9.46. The number of rotatable bonds is 2. The van der Waals surface area contributed by atoms with Crippen molar-refractivity contribution in [3.8, 4) is 0 Å². The molecule has 5 rings (SSSR count). The first kappa shape index (κ1) is 16.5. The van der Waals surface area contributed by atoms with E-state index in [2.05, 4.69) is 13.8 Å². The quantitative estimate of drug-likeness (QED) is 0.830. The molecule has 0 heterocycles. The Kier molecular flexibility index (Phi) is 3.29. The number of ether oxygens (including phenoxy) is 1. The van der Waals surface area contributed by atoms with Crippen molar-refractivity contribution in [2.24, 2.45) is 40.4 Å². The smallest absolute Gasteiger partial charge is 0.155 e. The van der Waals surface area contributed by atoms with E-state index in [1.807, 2.05) is 6.08 Å². The van der Waals surface area contributed by atoms with E-state index in [0.29, 0.717) is 35.6 Å². The van der Waals surface area contributed by atoms with Gasteiger partial charge in [-0.1, -0.05) is 19.4 Å². The maximum Gasteiger partial charge on any atom is 0.155 e. The average Bonchev–Trinajstić information content (AvgIpc) is 3.20. The van der Waals surface area contributed by atoms with E-state index in [-0.39, 0.29) is 5.41 Å². The number of fused-ring (bicyclic) bond motifs is 3. The van der Waals surface area contributed by atoms with E-state index in [1.165, 1.54) is 18.4 Å². The summed E-state index contributed by atoms with van der Waals surface area (Å²) in [5.41, 5.74) is 1.14. The molecule has 1 N–H and O–H groups in total. The van der Waals surface area contributed by atoms with Gasteiger partial charge < -0.3 is 9.84 Å². The second kappa shape index (κ2) is 4.98. The molecule has 3 heteroatoms. The Morgan fingerprint density at radius 3 is 2.88 bits per heavy atom. The minimum absolute atomic E-state index is 0.00179. The van der Waals surface area contributed by atoms with Crippen LogP contribution in [0.4, 0.5) is 0 Å². The molecule has 0 aromatic carbocycles. The molecular weight excluding hydrogens is 312 g/mol. The van der Waals surface area contributed by atoms with Gasteiger partial charge in [-0.2, -0.15) is 0 Å². The molecule has 0 radical (unpaired) electrons. The minimum Gasteiger partial charge on any atom is -0.387 e. The second-order valence-electron chi connectivity index (χ2n) is 10.2. The molecule has 0 aromatic rings. The molecule has 0 aromatic heterocycles. The summed E-state index contributed by atoms with van der Waals surface area (Å²) in [6.45, 7) is 5.27. The van der Waals surface area contributed by atoms with Gasteiger partial charge in [0.1, 0.15) is 0 Å². The van der Waals surface area contributed by atoms with Crippen LogP contribution in [0.3, 0.4) is 0 Å². The molecule has 5 aliphatic carbocycles. The van der Waals surface area contributed by atoms with Gasteiger partial charge >= 0.3 is 0 Å². The Morgan fingerprint density at radius 1 is 1.32 bits per heavy atom. The van der Waals surface area contributed by atoms with Crippen molar-refractivity contribution in [2.75, 3.05) is 13.7 Å². The summed E-state index contributed by atoms with van der Waals surface area (Å²) < 4.78 is 5.47. The zero-order valence-electron chi connectivity index (χ0n) is 15.9. The number of hydrogen-bond acceptors (Lipinski definition) is 3. The van der Waals surface area contributed by atoms with Crippen molar-refractivity contribution in [3.05, 3.63) is 11.6 Å². The molecular formula is C22H32O3. The van der Waals surface area contributed by atoms with Crippen molar-refractivity contribution >= 4 is 5.78 Å². The molecule has 5 aliphatic rings. The standard InChI is InChI=1S/C22H32O3/c1-13-8-14-9-16(23)4-5-17(14)18-6-7-20(2)21(24,12-25-3)10-15-11-22(15,20)19(13)18/h9,13,15,17-19,24H,4-8,10-12H2,1-3H3/t13-,15+,17+,18-,19-,20-,21-,22-/m1/s1. The highest BCUT2D eigenvalue weighted by molar-refractivity contribution is 5.91. The molecule has 3 nitrogen and oxygen atoms in total. The molecule has 0 amide bonds. The highest BCUT2D eigenvalue weighted by Crippen LogP contribution is 2.84. The Bertz CT molecular complexity index is 654. The van der Waals surface area contributed by atoms with Crippen LogP contribution in [0.15, 0.2) is 11.6 Å². The van der Waals surface area contributed by atoms with Crippen LogP contribution in [0.5, 0.6) is 0 Å². The summed E-state index contributed by atoms with van der Waals surface area (Å²) >= 11 is 0. The molecule has 0 aliphatic heterocycles. The van der Waals surface area contributed by atoms with Gasteiger partial charge in [-0.3, -0.25) is 4.79 Å². The van der Waals surface area contributed by atoms with Crippen LogP contribution in [-0.2, 0) is 9.53 Å². The molecule has 8 atom stereocenters. The largest absolute Gasteiger partial charge is 0.387 e. The number of aliphatic hydroxyl groups is 1. The third-order valence-corrected chi connectivity index (χ3v) is 9.42. The van der Waals surface area contributed by atoms with Gasteiger partial charge in [0.25, 0.3) is 0 Å². The van der Waals surface area contributed by atoms with Gasteiger partial charge in [0, 0.05) is 18.9 Å². The molecule has 138 valence electrons. The first-order valence-electron chi connectivity index (χ1n) is 10.3. The monoisotopic (exact) mass is 344 g/mol. The number of carbonyl (C=O) groups is 1. The van der Waals surface area contributed by atoms with Gasteiger partial charge in [0.2, 0.25) is 0 Å². The van der Waals surface area contributed by atoms with Crippen molar-refractivity contribution in [3.63, 3.8) is 0 Å². The van der Waals surface area contributed by atoms with E-state index in [1.54, 1.807) is 7.11 Å². The summed E-state index contributed by atoms with van der Waals surface area (Å²) in [6, 6.07) is 0. The Labute approximate surface area is 151 Å². The minimum atomic E-state index is -0.645. The predicted octanol–water partition coefficient (Wildman–Crippen LogP) is 3.75. The van der Waals surface area contributed by atoms with Crippen LogP contribution < -0.4 is 0 Å². The summed E-state index contributed by atoms with van der Waals surface area (Å²) in [5, 5.41) is 11.5. The molecule has 4 fully saturated rings. The van der Waals surface area contributed by atoms with Gasteiger partial charge in [0.05, 0.1) is 12.2 Å². The fraction of sp³-hybridized carbons (Fsp3) is 0.864. The van der Waals surface area contributed by atoms with Crippen LogP contribution in [0.25, 0.3) is 0 Å². The number of methoxy groups -OCH3 is 1. The van der Waals surface area contributed by atoms with Gasteiger partial charge in [-0.05, 0) is 79.6 Å². The Hall–Kier alpha value is -0.670. The molecule has 4 saturated carbocycles. The van der Waals surface area contributed by atoms with Crippen LogP contribution in [0, 0.1) is 40.4 Å². The lowest BCUT2D eigenvalue weighted by Gasteiger charge is -2.59. The number of allylic oxidation sites excluding steroid dienone is 1. The van der Waals surface area contributed by atoms with Crippen molar-refractivity contribution < 1.29 is 14.6 Å². The average molecular weight is 344 g/mol. The van der Waals surface area contributed by atoms with Crippen LogP contribution in [-0.4, -0.2) is 30.2 Å². The highest BCUT2D eigenvalue weighted by Gasteiger charge is 2.81. The van der Waals surface area contributed by atoms with Crippen molar-refractivity contribution in [1.82, 2.24) is 0 Å². The summed E-state index contributed by atoms with van der Waals surface area (Å²) in [4.78, 5) is 11.9. The van der Waals surface area contributed by atoms with Gasteiger partial charge in [-0.15, -0.1) is 0 Å². The first-order chi connectivity index (χ1) is 11.9. The topological polar surface area (TPSA) is 46.5 Å². The SMILES string of the molecule is COC[C@]1(O)C[C@H]2C[C@]23[C@H]2[C@H](CC[C@]13C)[C@H]1CCC(=O)C=C1C[C@H]2C. The second-order valence-corrected chi connectivity index (χ2v) is 10.2. The van der Waals surface area contributed by atoms with Crippen LogP contribution in [0.1, 0.15) is 58.8 Å². The number of hydrogen-bond donors (Lipinski definition) is 1. The predicted molar refractivity (Wildman–Crippen MR) is 95.9 cm³/mol. The summed E-state index contributed by atoms with van der Waals surface area (Å²) in [6.07, 6.45) is 9.48. The first-order valence-corrected chi connectivity index (χ1v) is 10.3. The number of carbonyl (C=O) groups excluding carboxylic acids is 1. The van der Waals surface area contributed by atoms with E-state index in [4.69, 9.17) is 4.74 Å². The lowest BCUT2D eigenvalue weighted by Crippen LogP contribution is -2.58. The molecule has 0 bridgehead atoms. The van der Waals surface area contributed by atoms with E-state index in [9.17, 15) is 9.90 Å². The maximum atomic E-state index is 11.9. The molecule has 0 saturated heterocycles. The van der Waals surface area contributed by atoms with Crippen LogP contribution >= 0.6 is 0 Å². The van der Waals surface area contributed by atoms with Gasteiger partial charge in [0.15, 0.2) is 5.78 Å². The number of ketones is 1. The van der Waals surface area contributed by atoms with Crippen molar-refractivity contribution in [2.45, 2.75) is 64.4 Å². The Balaban J connectivity index is 1.54. The van der Waals surface area contributed by atoms with E-state index >= 15 is 0 Å². The third-order valence-electron chi connectivity index (χ3n) is 9.42.